The van der Waals surface area contributed by atoms with Gasteiger partial charge in [0.05, 0.1) is 23.7 Å². The number of pyridine rings is 1. The molecule has 1 atom stereocenters. The number of carbonyl (C=O) groups is 1. The molecule has 0 bridgehead atoms. The highest BCUT2D eigenvalue weighted by atomic mass is 35.5. The molecule has 4 heterocycles. The van der Waals surface area contributed by atoms with Gasteiger partial charge in [-0.1, -0.05) is 23.7 Å². The molecule has 9 nitrogen and oxygen atoms in total. The number of ether oxygens (including phenoxy) is 2. The molecule has 3 aromatic heterocycles. The molecule has 0 saturated carbocycles. The lowest BCUT2D eigenvalue weighted by Gasteiger charge is -2.24. The second-order valence-corrected chi connectivity index (χ2v) is 10.6. The fourth-order valence-electron chi connectivity index (χ4n) is 4.44. The zero-order valence-corrected chi connectivity index (χ0v) is 22.4. The summed E-state index contributed by atoms with van der Waals surface area (Å²) < 4.78 is 13.4. The summed E-state index contributed by atoms with van der Waals surface area (Å²) in [5.74, 6) is 0.420. The normalized spacial score (nSPS) is 15.5. The minimum absolute atomic E-state index is 0.215. The van der Waals surface area contributed by atoms with Crippen molar-refractivity contribution < 1.29 is 14.3 Å². The molecule has 0 spiro atoms. The summed E-state index contributed by atoms with van der Waals surface area (Å²) in [7, 11) is 0. The quantitative estimate of drug-likeness (QED) is 0.312. The molecular formula is C28H27ClN6O3. The molecule has 10 heteroatoms. The van der Waals surface area contributed by atoms with Crippen LogP contribution in [0.1, 0.15) is 38.4 Å². The van der Waals surface area contributed by atoms with Gasteiger partial charge < -0.3 is 14.4 Å². The second kappa shape index (κ2) is 9.95. The van der Waals surface area contributed by atoms with Crippen LogP contribution in [0.25, 0.3) is 28.0 Å². The van der Waals surface area contributed by atoms with E-state index in [4.69, 9.17) is 31.2 Å². The first-order valence-electron chi connectivity index (χ1n) is 12.3. The number of halogens is 1. The maximum atomic E-state index is 12.5. The molecule has 5 rings (SSSR count). The predicted octanol–water partition coefficient (Wildman–Crippen LogP) is 5.68. The largest absolute Gasteiger partial charge is 0.472 e. The van der Waals surface area contributed by atoms with Crippen LogP contribution in [0.2, 0.25) is 5.15 Å². The van der Waals surface area contributed by atoms with Gasteiger partial charge in [0, 0.05) is 36.5 Å². The highest BCUT2D eigenvalue weighted by Crippen LogP contribution is 2.36. The van der Waals surface area contributed by atoms with Gasteiger partial charge in [0.15, 0.2) is 5.65 Å². The summed E-state index contributed by atoms with van der Waals surface area (Å²) in [6.45, 7) is 8.38. The smallest absolute Gasteiger partial charge is 0.410 e. The number of aryl methyl sites for hydroxylation is 1. The number of nitriles is 1. The van der Waals surface area contributed by atoms with E-state index in [0.29, 0.717) is 47.4 Å². The number of carbonyl (C=O) groups excluding carboxylic acids is 1. The van der Waals surface area contributed by atoms with Gasteiger partial charge in [-0.2, -0.15) is 15.3 Å². The van der Waals surface area contributed by atoms with Gasteiger partial charge in [-0.05, 0) is 57.5 Å². The van der Waals surface area contributed by atoms with E-state index in [1.54, 1.807) is 39.9 Å². The zero-order valence-electron chi connectivity index (χ0n) is 21.6. The van der Waals surface area contributed by atoms with Gasteiger partial charge in [-0.25, -0.2) is 14.3 Å². The van der Waals surface area contributed by atoms with Crippen LogP contribution in [-0.4, -0.2) is 55.4 Å². The van der Waals surface area contributed by atoms with E-state index in [-0.39, 0.29) is 12.2 Å². The van der Waals surface area contributed by atoms with E-state index < -0.39 is 5.60 Å². The molecule has 38 heavy (non-hydrogen) atoms. The van der Waals surface area contributed by atoms with E-state index in [9.17, 15) is 10.1 Å². The van der Waals surface area contributed by atoms with Gasteiger partial charge in [0.2, 0.25) is 5.88 Å². The van der Waals surface area contributed by atoms with Crippen molar-refractivity contribution in [2.45, 2.75) is 45.8 Å². The molecule has 0 aliphatic carbocycles. The van der Waals surface area contributed by atoms with Crippen molar-refractivity contribution in [2.24, 2.45) is 0 Å². The number of hydrogen-bond donors (Lipinski definition) is 0. The third kappa shape index (κ3) is 5.41. The van der Waals surface area contributed by atoms with Crippen LogP contribution in [0.3, 0.4) is 0 Å². The van der Waals surface area contributed by atoms with Gasteiger partial charge in [0.1, 0.15) is 22.6 Å². The van der Waals surface area contributed by atoms with E-state index >= 15 is 0 Å². The predicted molar refractivity (Wildman–Crippen MR) is 143 cm³/mol. The summed E-state index contributed by atoms with van der Waals surface area (Å²) in [6, 6.07) is 14.9. The minimum Gasteiger partial charge on any atom is -0.472 e. The first-order chi connectivity index (χ1) is 18.1. The van der Waals surface area contributed by atoms with Gasteiger partial charge in [-0.3, -0.25) is 0 Å². The van der Waals surface area contributed by atoms with Crippen molar-refractivity contribution in [1.29, 1.82) is 5.26 Å². The van der Waals surface area contributed by atoms with Crippen molar-refractivity contribution in [3.05, 3.63) is 65.1 Å². The molecular weight excluding hydrogens is 504 g/mol. The van der Waals surface area contributed by atoms with Crippen molar-refractivity contribution >= 4 is 23.3 Å². The van der Waals surface area contributed by atoms with Crippen LogP contribution in [0.4, 0.5) is 4.79 Å². The van der Waals surface area contributed by atoms with E-state index in [2.05, 4.69) is 11.1 Å². The fraction of sp³-hybridized carbons (Fsp3) is 0.321. The Bertz CT molecular complexity index is 1550. The SMILES string of the molecule is Cc1cc(-c2c(-c3cccc(C#N)c3)nn3ccc(O[C@@H]4CCN(C(=O)OC(C)(C)C)C4)nc23)cc(Cl)n1. The minimum atomic E-state index is -0.556. The molecule has 1 aromatic carbocycles. The van der Waals surface area contributed by atoms with Crippen LogP contribution >= 0.6 is 11.6 Å². The van der Waals surface area contributed by atoms with Gasteiger partial charge >= 0.3 is 6.09 Å². The van der Waals surface area contributed by atoms with Crippen molar-refractivity contribution in [2.75, 3.05) is 13.1 Å². The Morgan fingerprint density at radius 2 is 1.97 bits per heavy atom. The Labute approximate surface area is 225 Å². The molecule has 1 aliphatic rings. The number of likely N-dealkylation sites (tertiary alicyclic amines) is 1. The molecule has 1 saturated heterocycles. The monoisotopic (exact) mass is 530 g/mol. The van der Waals surface area contributed by atoms with E-state index in [0.717, 1.165) is 22.4 Å². The summed E-state index contributed by atoms with van der Waals surface area (Å²) >= 11 is 6.32. The maximum Gasteiger partial charge on any atom is 0.410 e. The molecule has 1 amide bonds. The third-order valence-corrected chi connectivity index (χ3v) is 6.21. The van der Waals surface area contributed by atoms with Crippen LogP contribution in [-0.2, 0) is 4.74 Å². The molecule has 4 aromatic rings. The van der Waals surface area contributed by atoms with Gasteiger partial charge in [-0.15, -0.1) is 0 Å². The maximum absolute atomic E-state index is 12.5. The Morgan fingerprint density at radius 1 is 1.16 bits per heavy atom. The first kappa shape index (κ1) is 25.5. The Hall–Kier alpha value is -4.16. The van der Waals surface area contributed by atoms with Gasteiger partial charge in [0.25, 0.3) is 0 Å². The summed E-state index contributed by atoms with van der Waals surface area (Å²) in [4.78, 5) is 23.2. The number of aromatic nitrogens is 4. The molecule has 0 radical (unpaired) electrons. The van der Waals surface area contributed by atoms with Crippen LogP contribution in [0, 0.1) is 18.3 Å². The average molecular weight is 531 g/mol. The highest BCUT2D eigenvalue weighted by molar-refractivity contribution is 6.29. The lowest BCUT2D eigenvalue weighted by Crippen LogP contribution is -2.36. The van der Waals surface area contributed by atoms with Crippen LogP contribution in [0.5, 0.6) is 5.88 Å². The molecule has 194 valence electrons. The Kier molecular flexibility index (Phi) is 6.67. The zero-order chi connectivity index (χ0) is 27.0. The second-order valence-electron chi connectivity index (χ2n) is 10.2. The number of amides is 1. The number of fused-ring (bicyclic) bond motifs is 1. The van der Waals surface area contributed by atoms with Crippen molar-refractivity contribution in [3.8, 4) is 34.3 Å². The number of nitrogens with zero attached hydrogens (tertiary/aromatic N) is 6. The summed E-state index contributed by atoms with van der Waals surface area (Å²) in [6.07, 6.45) is 1.89. The first-order valence-corrected chi connectivity index (χ1v) is 12.7. The van der Waals surface area contributed by atoms with Crippen LogP contribution < -0.4 is 4.74 Å². The lowest BCUT2D eigenvalue weighted by atomic mass is 10.0. The molecule has 1 aliphatic heterocycles. The van der Waals surface area contributed by atoms with E-state index in [1.165, 1.54) is 0 Å². The standard InChI is InChI=1S/C28H27ClN6O3/c1-17-12-20(14-22(29)31-17)24-25(19-7-5-6-18(13-19)15-30)33-35-11-9-23(32-26(24)35)37-21-8-10-34(16-21)27(36)38-28(2,3)4/h5-7,9,11-14,21H,8,10,16H2,1-4H3/t21-/m1/s1. The lowest BCUT2D eigenvalue weighted by molar-refractivity contribution is 0.0275. The Balaban J connectivity index is 1.51. The number of hydrogen-bond acceptors (Lipinski definition) is 7. The average Bonchev–Trinajstić information content (AvgIpc) is 3.47. The summed E-state index contributed by atoms with van der Waals surface area (Å²) in [5.41, 5.74) is 4.29. The molecule has 0 unspecified atom stereocenters. The fourth-order valence-corrected chi connectivity index (χ4v) is 4.69. The third-order valence-electron chi connectivity index (χ3n) is 6.02. The number of rotatable bonds is 4. The van der Waals surface area contributed by atoms with Crippen molar-refractivity contribution in [3.63, 3.8) is 0 Å². The van der Waals surface area contributed by atoms with E-state index in [1.807, 2.05) is 45.9 Å². The highest BCUT2D eigenvalue weighted by Gasteiger charge is 2.31. The Morgan fingerprint density at radius 3 is 2.71 bits per heavy atom. The topological polar surface area (TPSA) is 106 Å². The molecule has 0 N–H and O–H groups in total. The molecule has 1 fully saturated rings. The number of benzene rings is 1. The summed E-state index contributed by atoms with van der Waals surface area (Å²) in [5, 5.41) is 14.6. The van der Waals surface area contributed by atoms with Crippen LogP contribution in [0.15, 0.2) is 48.7 Å². The van der Waals surface area contributed by atoms with Crippen molar-refractivity contribution in [1.82, 2.24) is 24.5 Å².